The highest BCUT2D eigenvalue weighted by Crippen LogP contribution is 2.58. The van der Waals surface area contributed by atoms with E-state index in [1.807, 2.05) is 19.1 Å². The van der Waals surface area contributed by atoms with Crippen molar-refractivity contribution in [1.29, 1.82) is 0 Å². The van der Waals surface area contributed by atoms with Crippen LogP contribution in [0.4, 0.5) is 0 Å². The number of amides is 2. The van der Waals surface area contributed by atoms with Gasteiger partial charge in [0, 0.05) is 17.5 Å². The maximum atomic E-state index is 13.5. The van der Waals surface area contributed by atoms with E-state index in [-0.39, 0.29) is 17.9 Å². The van der Waals surface area contributed by atoms with Crippen molar-refractivity contribution in [1.82, 2.24) is 9.80 Å². The molecule has 2 amide bonds. The van der Waals surface area contributed by atoms with Gasteiger partial charge in [-0.2, -0.15) is 0 Å². The highest BCUT2D eigenvalue weighted by Gasteiger charge is 2.72. The summed E-state index contributed by atoms with van der Waals surface area (Å²) < 4.78 is 11.0. The molecule has 35 heavy (non-hydrogen) atoms. The predicted octanol–water partition coefficient (Wildman–Crippen LogP) is 4.44. The zero-order valence-electron chi connectivity index (χ0n) is 21.4. The molecule has 3 heterocycles. The lowest BCUT2D eigenvalue weighted by molar-refractivity contribution is -0.164. The number of carbonyl (C=O) groups excluding carboxylic acids is 3. The fraction of sp³-hybridized carbons (Fsp3) is 0.667. The lowest BCUT2D eigenvalue weighted by Gasteiger charge is -2.44. The van der Waals surface area contributed by atoms with E-state index in [1.54, 1.807) is 18.9 Å². The monoisotopic (exact) mass is 502 g/mol. The molecular weight excluding hydrogens is 464 g/mol. The van der Waals surface area contributed by atoms with E-state index in [9.17, 15) is 14.4 Å². The van der Waals surface area contributed by atoms with E-state index >= 15 is 0 Å². The number of hydrogen-bond acceptors (Lipinski definition) is 7. The number of hydrogen-bond donors (Lipinski definition) is 0. The number of imide groups is 1. The number of piperidine rings is 1. The number of carbonyl (C=O) groups is 3. The van der Waals surface area contributed by atoms with Crippen LogP contribution < -0.4 is 4.74 Å². The average molecular weight is 503 g/mol. The predicted molar refractivity (Wildman–Crippen MR) is 135 cm³/mol. The SMILES string of the molecule is CCCCCCSc1ccc(C2C3C(=O)N(CC)C(=O)C3[C@]3(C(=O)OC)CCCCN23)cc1OC. The third-order valence-corrected chi connectivity index (χ3v) is 9.13. The van der Waals surface area contributed by atoms with Gasteiger partial charge in [-0.1, -0.05) is 32.3 Å². The lowest BCUT2D eigenvalue weighted by atomic mass is 9.75. The zero-order chi connectivity index (χ0) is 25.2. The molecule has 4 atom stereocenters. The topological polar surface area (TPSA) is 76.2 Å². The standard InChI is InChI=1S/C27H38N2O5S/c1-5-7-8-11-16-35-20-13-12-18(17-19(20)33-3)23-21-22(25(31)28(6-2)24(21)30)27(26(32)34-4)14-9-10-15-29(23)27/h12-13,17,21-23H,5-11,14-16H2,1-4H3/t21?,22?,23?,27-/m0/s1. The molecule has 3 aliphatic heterocycles. The first-order chi connectivity index (χ1) is 17.0. The number of unbranched alkanes of at least 4 members (excludes halogenated alkanes) is 3. The maximum Gasteiger partial charge on any atom is 0.327 e. The summed E-state index contributed by atoms with van der Waals surface area (Å²) in [7, 11) is 3.04. The van der Waals surface area contributed by atoms with Gasteiger partial charge in [0.25, 0.3) is 0 Å². The van der Waals surface area contributed by atoms with Crippen LogP contribution in [0.2, 0.25) is 0 Å². The van der Waals surface area contributed by atoms with Crippen LogP contribution in [-0.2, 0) is 19.1 Å². The van der Waals surface area contributed by atoms with Gasteiger partial charge in [0.2, 0.25) is 11.8 Å². The van der Waals surface area contributed by atoms with Gasteiger partial charge in [-0.05, 0) is 62.6 Å². The quantitative estimate of drug-likeness (QED) is 0.203. The average Bonchev–Trinajstić information content (AvgIpc) is 3.33. The van der Waals surface area contributed by atoms with Gasteiger partial charge in [-0.25, -0.2) is 0 Å². The van der Waals surface area contributed by atoms with Crippen molar-refractivity contribution in [2.75, 3.05) is 33.1 Å². The van der Waals surface area contributed by atoms with Crippen LogP contribution in [0.3, 0.4) is 0 Å². The highest BCUT2D eigenvalue weighted by atomic mass is 32.2. The molecule has 0 spiro atoms. The maximum absolute atomic E-state index is 13.5. The minimum atomic E-state index is -1.10. The van der Waals surface area contributed by atoms with E-state index in [4.69, 9.17) is 9.47 Å². The number of esters is 1. The second kappa shape index (κ2) is 10.9. The Kier molecular flexibility index (Phi) is 8.11. The molecule has 3 fully saturated rings. The van der Waals surface area contributed by atoms with Crippen molar-refractivity contribution >= 4 is 29.5 Å². The number of rotatable bonds is 10. The fourth-order valence-electron chi connectivity index (χ4n) is 6.43. The fourth-order valence-corrected chi connectivity index (χ4v) is 7.44. The van der Waals surface area contributed by atoms with Crippen molar-refractivity contribution in [3.05, 3.63) is 23.8 Å². The van der Waals surface area contributed by atoms with Crippen molar-refractivity contribution in [2.24, 2.45) is 11.8 Å². The van der Waals surface area contributed by atoms with Crippen molar-refractivity contribution < 1.29 is 23.9 Å². The van der Waals surface area contributed by atoms with Gasteiger partial charge in [-0.3, -0.25) is 24.2 Å². The number of nitrogens with zero attached hydrogens (tertiary/aromatic N) is 2. The Hall–Kier alpha value is -2.06. The van der Waals surface area contributed by atoms with Crippen LogP contribution in [0, 0.1) is 11.8 Å². The molecule has 0 bridgehead atoms. The Morgan fingerprint density at radius 3 is 2.60 bits per heavy atom. The molecule has 4 rings (SSSR count). The van der Waals surface area contributed by atoms with Crippen molar-refractivity contribution in [2.45, 2.75) is 75.3 Å². The molecule has 192 valence electrons. The largest absolute Gasteiger partial charge is 0.496 e. The lowest BCUT2D eigenvalue weighted by Crippen LogP contribution is -2.59. The molecule has 1 aromatic rings. The summed E-state index contributed by atoms with van der Waals surface area (Å²) in [5.41, 5.74) is -0.183. The highest BCUT2D eigenvalue weighted by molar-refractivity contribution is 7.99. The number of methoxy groups -OCH3 is 2. The van der Waals surface area contributed by atoms with Crippen LogP contribution in [0.15, 0.2) is 23.1 Å². The molecule has 7 nitrogen and oxygen atoms in total. The molecule has 1 aromatic carbocycles. The number of ether oxygens (including phenoxy) is 2. The number of likely N-dealkylation sites (tertiary alicyclic amines) is 1. The third-order valence-electron chi connectivity index (χ3n) is 7.99. The van der Waals surface area contributed by atoms with E-state index in [1.165, 1.54) is 31.3 Å². The second-order valence-electron chi connectivity index (χ2n) is 9.75. The smallest absolute Gasteiger partial charge is 0.327 e. The summed E-state index contributed by atoms with van der Waals surface area (Å²) in [6.07, 6.45) is 7.12. The summed E-state index contributed by atoms with van der Waals surface area (Å²) >= 11 is 1.79. The van der Waals surface area contributed by atoms with Crippen LogP contribution >= 0.6 is 11.8 Å². The van der Waals surface area contributed by atoms with Gasteiger partial charge in [0.05, 0.1) is 26.1 Å². The third kappa shape index (κ3) is 4.26. The minimum Gasteiger partial charge on any atom is -0.496 e. The van der Waals surface area contributed by atoms with E-state index < -0.39 is 23.3 Å². The van der Waals surface area contributed by atoms with Crippen LogP contribution in [0.1, 0.15) is 70.4 Å². The Morgan fingerprint density at radius 2 is 1.91 bits per heavy atom. The summed E-state index contributed by atoms with van der Waals surface area (Å²) in [6, 6.07) is 5.75. The summed E-state index contributed by atoms with van der Waals surface area (Å²) in [4.78, 5) is 44.9. The molecular formula is C27H38N2O5S. The van der Waals surface area contributed by atoms with Gasteiger partial charge in [-0.15, -0.1) is 11.8 Å². The Bertz CT molecular complexity index is 969. The van der Waals surface area contributed by atoms with E-state index in [0.29, 0.717) is 19.5 Å². The summed E-state index contributed by atoms with van der Waals surface area (Å²) in [5.74, 6) is -0.341. The molecule has 0 aliphatic carbocycles. The molecule has 0 aromatic heterocycles. The molecule has 3 saturated heterocycles. The molecule has 3 aliphatic rings. The Balaban J connectivity index is 1.72. The number of benzene rings is 1. The van der Waals surface area contributed by atoms with Gasteiger partial charge in [0.15, 0.2) is 0 Å². The van der Waals surface area contributed by atoms with E-state index in [0.717, 1.165) is 41.2 Å². The summed E-state index contributed by atoms with van der Waals surface area (Å²) in [6.45, 7) is 4.98. The summed E-state index contributed by atoms with van der Waals surface area (Å²) in [5, 5.41) is 0. The first-order valence-corrected chi connectivity index (χ1v) is 14.0. The van der Waals surface area contributed by atoms with Gasteiger partial charge in [0.1, 0.15) is 11.3 Å². The second-order valence-corrected chi connectivity index (χ2v) is 10.9. The Morgan fingerprint density at radius 1 is 1.11 bits per heavy atom. The van der Waals surface area contributed by atoms with Gasteiger partial charge >= 0.3 is 5.97 Å². The van der Waals surface area contributed by atoms with Crippen LogP contribution in [0.5, 0.6) is 5.75 Å². The zero-order valence-corrected chi connectivity index (χ0v) is 22.2. The molecule has 3 unspecified atom stereocenters. The number of fused-ring (bicyclic) bond motifs is 3. The Labute approximate surface area is 212 Å². The molecule has 0 N–H and O–H groups in total. The first kappa shape index (κ1) is 26.0. The molecule has 0 saturated carbocycles. The minimum absolute atomic E-state index is 0.182. The van der Waals surface area contributed by atoms with Crippen molar-refractivity contribution in [3.63, 3.8) is 0 Å². The van der Waals surface area contributed by atoms with Gasteiger partial charge < -0.3 is 9.47 Å². The molecule has 0 radical (unpaired) electrons. The first-order valence-electron chi connectivity index (χ1n) is 13.0. The normalized spacial score (nSPS) is 28.2. The van der Waals surface area contributed by atoms with Crippen LogP contribution in [-0.4, -0.2) is 66.2 Å². The van der Waals surface area contributed by atoms with E-state index in [2.05, 4.69) is 17.9 Å². The molecule has 8 heteroatoms. The number of thioether (sulfide) groups is 1. The van der Waals surface area contributed by atoms with Crippen LogP contribution in [0.25, 0.3) is 0 Å². The van der Waals surface area contributed by atoms with Crippen molar-refractivity contribution in [3.8, 4) is 5.75 Å².